The van der Waals surface area contributed by atoms with E-state index in [0.717, 1.165) is 77.6 Å². The Kier molecular flexibility index (Phi) is 9.70. The Balaban J connectivity index is 1.06. The molecular formula is C56H39N3O. The molecule has 10 aromatic rings. The molecule has 10 rings (SSSR count). The molecule has 4 nitrogen and oxygen atoms in total. The summed E-state index contributed by atoms with van der Waals surface area (Å²) in [5.41, 5.74) is 12.8. The molecule has 0 fully saturated rings. The van der Waals surface area contributed by atoms with E-state index in [1.807, 2.05) is 91.0 Å². The molecule has 0 unspecified atom stereocenters. The summed E-state index contributed by atoms with van der Waals surface area (Å²) >= 11 is 0. The fourth-order valence-corrected chi connectivity index (χ4v) is 8.06. The number of hydrogen-bond donors (Lipinski definition) is 1. The summed E-state index contributed by atoms with van der Waals surface area (Å²) < 4.78 is 6.69. The Morgan fingerprint density at radius 3 is 1.72 bits per heavy atom. The van der Waals surface area contributed by atoms with Crippen LogP contribution in [-0.2, 0) is 0 Å². The van der Waals surface area contributed by atoms with Crippen LogP contribution in [0.25, 0.3) is 61.0 Å². The van der Waals surface area contributed by atoms with E-state index in [2.05, 4.69) is 144 Å². The summed E-state index contributed by atoms with van der Waals surface area (Å²) in [5, 5.41) is 13.4. The molecule has 0 aliphatic heterocycles. The Bertz CT molecular complexity index is 3170. The first-order valence-corrected chi connectivity index (χ1v) is 20.1. The number of fused-ring (bicyclic) bond motifs is 5. The number of anilines is 3. The van der Waals surface area contributed by atoms with Crippen molar-refractivity contribution >= 4 is 67.4 Å². The van der Waals surface area contributed by atoms with Crippen molar-refractivity contribution in [3.05, 3.63) is 241 Å². The standard InChI is InChI=1S/C56H39N3O/c57-56(58-52(43-20-9-3-10-21-43)37-28-39-16-5-1-6-17-39)50-38-51-54-47(26-15-27-53(54)60-55(51)49-25-14-13-24-48(49)50)42-31-35-46(36-32-42)59(44-22-11-4-12-23-44)45-33-29-41(30-34-45)40-18-7-2-8-19-40/h1-38,57H/b37-28+,57-56?,58-52?. The molecule has 0 amide bonds. The molecular weight excluding hydrogens is 731 g/mol. The van der Waals surface area contributed by atoms with E-state index >= 15 is 0 Å². The van der Waals surface area contributed by atoms with Crippen molar-refractivity contribution in [3.63, 3.8) is 0 Å². The molecule has 4 heteroatoms. The minimum Gasteiger partial charge on any atom is -0.455 e. The van der Waals surface area contributed by atoms with Crippen molar-refractivity contribution in [1.29, 1.82) is 5.41 Å². The highest BCUT2D eigenvalue weighted by atomic mass is 16.3. The fraction of sp³-hybridized carbons (Fsp3) is 0. The summed E-state index contributed by atoms with van der Waals surface area (Å²) in [6.07, 6.45) is 4.04. The predicted octanol–water partition coefficient (Wildman–Crippen LogP) is 15.1. The number of benzene rings is 9. The van der Waals surface area contributed by atoms with Crippen molar-refractivity contribution < 1.29 is 4.42 Å². The van der Waals surface area contributed by atoms with Gasteiger partial charge in [-0.3, -0.25) is 5.41 Å². The van der Waals surface area contributed by atoms with Gasteiger partial charge in [0.15, 0.2) is 5.84 Å². The molecule has 0 radical (unpaired) electrons. The third kappa shape index (κ3) is 7.08. The number of nitrogens with zero attached hydrogens (tertiary/aromatic N) is 2. The lowest BCUT2D eigenvalue weighted by Gasteiger charge is -2.26. The number of aliphatic imine (C=N–C) groups is 1. The van der Waals surface area contributed by atoms with Crippen LogP contribution in [-0.4, -0.2) is 11.5 Å². The minimum absolute atomic E-state index is 0.179. The van der Waals surface area contributed by atoms with Gasteiger partial charge in [0.25, 0.3) is 0 Å². The number of hydrogen-bond acceptors (Lipinski definition) is 3. The van der Waals surface area contributed by atoms with Crippen LogP contribution < -0.4 is 4.90 Å². The van der Waals surface area contributed by atoms with Crippen molar-refractivity contribution in [2.45, 2.75) is 0 Å². The number of para-hydroxylation sites is 1. The van der Waals surface area contributed by atoms with E-state index in [9.17, 15) is 5.41 Å². The summed E-state index contributed by atoms with van der Waals surface area (Å²) in [4.78, 5) is 7.30. The second-order valence-corrected chi connectivity index (χ2v) is 14.7. The smallest absolute Gasteiger partial charge is 0.153 e. The van der Waals surface area contributed by atoms with Crippen molar-refractivity contribution in [1.82, 2.24) is 0 Å². The number of nitrogens with one attached hydrogen (secondary N) is 1. The molecule has 0 saturated carbocycles. The van der Waals surface area contributed by atoms with Crippen molar-refractivity contribution in [2.75, 3.05) is 4.90 Å². The van der Waals surface area contributed by atoms with Crippen LogP contribution in [0.1, 0.15) is 16.7 Å². The van der Waals surface area contributed by atoms with Crippen LogP contribution in [0.15, 0.2) is 234 Å². The Labute approximate surface area is 349 Å². The van der Waals surface area contributed by atoms with Gasteiger partial charge in [0.05, 0.1) is 5.71 Å². The van der Waals surface area contributed by atoms with E-state index < -0.39 is 0 Å². The van der Waals surface area contributed by atoms with Crippen LogP contribution in [0.5, 0.6) is 0 Å². The zero-order valence-corrected chi connectivity index (χ0v) is 32.7. The molecule has 1 heterocycles. The molecule has 1 aromatic heterocycles. The van der Waals surface area contributed by atoms with E-state index in [-0.39, 0.29) is 5.84 Å². The van der Waals surface area contributed by atoms with E-state index in [4.69, 9.17) is 9.41 Å². The first-order valence-electron chi connectivity index (χ1n) is 20.1. The van der Waals surface area contributed by atoms with Gasteiger partial charge < -0.3 is 9.32 Å². The van der Waals surface area contributed by atoms with Gasteiger partial charge in [0, 0.05) is 44.3 Å². The molecule has 1 N–H and O–H groups in total. The van der Waals surface area contributed by atoms with Crippen molar-refractivity contribution in [2.24, 2.45) is 4.99 Å². The van der Waals surface area contributed by atoms with Gasteiger partial charge in [0.2, 0.25) is 0 Å². The highest BCUT2D eigenvalue weighted by Crippen LogP contribution is 2.42. The third-order valence-corrected chi connectivity index (χ3v) is 11.0. The summed E-state index contributed by atoms with van der Waals surface area (Å²) in [5.74, 6) is 0.179. The first kappa shape index (κ1) is 36.3. The maximum absolute atomic E-state index is 9.53. The molecule has 0 saturated heterocycles. The summed E-state index contributed by atoms with van der Waals surface area (Å²) in [7, 11) is 0. The number of furan rings is 1. The number of rotatable bonds is 9. The molecule has 0 bridgehead atoms. The van der Waals surface area contributed by atoms with E-state index in [1.54, 1.807) is 0 Å². The van der Waals surface area contributed by atoms with Gasteiger partial charge in [-0.25, -0.2) is 4.99 Å². The first-order chi connectivity index (χ1) is 29.7. The van der Waals surface area contributed by atoms with Gasteiger partial charge in [-0.05, 0) is 87.8 Å². The second-order valence-electron chi connectivity index (χ2n) is 14.7. The molecule has 0 aliphatic rings. The average Bonchev–Trinajstić information content (AvgIpc) is 3.71. The Morgan fingerprint density at radius 2 is 1.03 bits per heavy atom. The molecule has 0 spiro atoms. The predicted molar refractivity (Wildman–Crippen MR) is 252 cm³/mol. The summed E-state index contributed by atoms with van der Waals surface area (Å²) in [6.45, 7) is 0. The SMILES string of the molecule is N=C(N=C(/C=C/c1ccccc1)c1ccccc1)c1cc2c(oc3cccc(-c4ccc(N(c5ccccc5)c5ccc(-c6ccccc6)cc5)cc4)c32)c2ccccc12. The Morgan fingerprint density at radius 1 is 0.483 bits per heavy atom. The van der Waals surface area contributed by atoms with Gasteiger partial charge in [-0.15, -0.1) is 0 Å². The molecule has 284 valence electrons. The van der Waals surface area contributed by atoms with Crippen LogP contribution >= 0.6 is 0 Å². The van der Waals surface area contributed by atoms with E-state index in [0.29, 0.717) is 5.71 Å². The highest BCUT2D eigenvalue weighted by Gasteiger charge is 2.20. The normalized spacial score (nSPS) is 11.8. The molecule has 0 atom stereocenters. The maximum atomic E-state index is 9.53. The van der Waals surface area contributed by atoms with Gasteiger partial charge in [-0.2, -0.15) is 0 Å². The number of allylic oxidation sites excluding steroid dienone is 1. The zero-order chi connectivity index (χ0) is 40.3. The largest absolute Gasteiger partial charge is 0.455 e. The van der Waals surface area contributed by atoms with Crippen LogP contribution in [0.3, 0.4) is 0 Å². The van der Waals surface area contributed by atoms with Gasteiger partial charge in [0.1, 0.15) is 11.2 Å². The third-order valence-electron chi connectivity index (χ3n) is 11.0. The second kappa shape index (κ2) is 16.0. The lowest BCUT2D eigenvalue weighted by molar-refractivity contribution is 0.673. The maximum Gasteiger partial charge on any atom is 0.153 e. The topological polar surface area (TPSA) is 52.6 Å². The fourth-order valence-electron chi connectivity index (χ4n) is 8.06. The summed E-state index contributed by atoms with van der Waals surface area (Å²) in [6, 6.07) is 75.2. The van der Waals surface area contributed by atoms with Gasteiger partial charge in [-0.1, -0.05) is 176 Å². The minimum atomic E-state index is 0.179. The average molecular weight is 770 g/mol. The molecule has 60 heavy (non-hydrogen) atoms. The van der Waals surface area contributed by atoms with E-state index in [1.165, 1.54) is 11.1 Å². The Hall–Kier alpha value is -8.08. The van der Waals surface area contributed by atoms with Crippen LogP contribution in [0.2, 0.25) is 0 Å². The monoisotopic (exact) mass is 769 g/mol. The lowest BCUT2D eigenvalue weighted by Crippen LogP contribution is -2.09. The van der Waals surface area contributed by atoms with Crippen molar-refractivity contribution in [3.8, 4) is 22.3 Å². The van der Waals surface area contributed by atoms with Crippen LogP contribution in [0, 0.1) is 5.41 Å². The number of amidine groups is 1. The zero-order valence-electron chi connectivity index (χ0n) is 32.7. The highest BCUT2D eigenvalue weighted by molar-refractivity contribution is 6.26. The van der Waals surface area contributed by atoms with Crippen LogP contribution in [0.4, 0.5) is 17.1 Å². The molecule has 0 aliphatic carbocycles. The quantitative estimate of drug-likeness (QED) is 0.117. The lowest BCUT2D eigenvalue weighted by atomic mass is 9.95. The molecule has 9 aromatic carbocycles. The van der Waals surface area contributed by atoms with Gasteiger partial charge >= 0.3 is 0 Å².